The van der Waals surface area contributed by atoms with E-state index >= 15 is 0 Å². The number of nitrogens with one attached hydrogen (secondary N) is 2. The minimum absolute atomic E-state index is 0.0931. The zero-order valence-corrected chi connectivity index (χ0v) is 18.3. The van der Waals surface area contributed by atoms with E-state index < -0.39 is 11.6 Å². The van der Waals surface area contributed by atoms with E-state index in [-0.39, 0.29) is 28.8 Å². The van der Waals surface area contributed by atoms with Gasteiger partial charge in [-0.2, -0.15) is 0 Å². The molecule has 3 saturated carbocycles. The average Bonchev–Trinajstić information content (AvgIpc) is 2.68. The molecule has 6 nitrogen and oxygen atoms in total. The summed E-state index contributed by atoms with van der Waals surface area (Å²) in [5, 5.41) is 15.0. The van der Waals surface area contributed by atoms with Gasteiger partial charge in [-0.15, -0.1) is 0 Å². The molecule has 0 aromatic heterocycles. The van der Waals surface area contributed by atoms with Gasteiger partial charge in [-0.25, -0.2) is 14.0 Å². The number of carboxylic acid groups (broad SMARTS) is 1. The second-order valence-electron chi connectivity index (χ2n) is 10.2. The zero-order chi connectivity index (χ0) is 22.7. The van der Waals surface area contributed by atoms with Crippen LogP contribution >= 0.6 is 0 Å². The van der Waals surface area contributed by atoms with Gasteiger partial charge in [0, 0.05) is 17.6 Å². The van der Waals surface area contributed by atoms with Crippen LogP contribution in [0.3, 0.4) is 0 Å². The van der Waals surface area contributed by atoms with Crippen molar-refractivity contribution in [2.24, 2.45) is 5.41 Å². The van der Waals surface area contributed by atoms with Crippen LogP contribution in [-0.2, 0) is 6.42 Å². The van der Waals surface area contributed by atoms with E-state index in [4.69, 9.17) is 5.11 Å². The van der Waals surface area contributed by atoms with Crippen molar-refractivity contribution >= 4 is 12.1 Å². The Labute approximate surface area is 186 Å². The van der Waals surface area contributed by atoms with E-state index in [1.807, 2.05) is 36.9 Å². The second kappa shape index (κ2) is 6.95. The van der Waals surface area contributed by atoms with E-state index in [1.165, 1.54) is 17.7 Å². The highest BCUT2D eigenvalue weighted by atomic mass is 19.1. The van der Waals surface area contributed by atoms with Crippen LogP contribution < -0.4 is 10.6 Å². The van der Waals surface area contributed by atoms with Gasteiger partial charge in [-0.3, -0.25) is 0 Å². The normalized spacial score (nSPS) is 28.1. The van der Waals surface area contributed by atoms with Crippen molar-refractivity contribution in [2.75, 3.05) is 6.54 Å². The van der Waals surface area contributed by atoms with Crippen LogP contribution in [0.4, 0.5) is 14.0 Å². The maximum absolute atomic E-state index is 13.6. The summed E-state index contributed by atoms with van der Waals surface area (Å²) in [5.41, 5.74) is 2.25. The fourth-order valence-electron chi connectivity index (χ4n) is 6.07. The van der Waals surface area contributed by atoms with Crippen molar-refractivity contribution in [2.45, 2.75) is 56.7 Å². The fraction of sp³-hybridized carbons (Fsp3) is 0.440. The first-order valence-electron chi connectivity index (χ1n) is 11.1. The SMILES string of the molecule is CC(C)(NC(=O)N1CCc2ccccc2[C@@H]1c1ccc(F)cc1)C12CC(NC(=O)O)(C1)C2. The number of nitrogens with zero attached hydrogens (tertiary/aromatic N) is 1. The van der Waals surface area contributed by atoms with Crippen LogP contribution in [0.25, 0.3) is 0 Å². The summed E-state index contributed by atoms with van der Waals surface area (Å²) in [6, 6.07) is 14.0. The van der Waals surface area contributed by atoms with Crippen molar-refractivity contribution in [3.05, 3.63) is 71.0 Å². The molecule has 32 heavy (non-hydrogen) atoms. The molecule has 0 saturated heterocycles. The summed E-state index contributed by atoms with van der Waals surface area (Å²) in [4.78, 5) is 26.5. The molecule has 1 heterocycles. The third-order valence-electron chi connectivity index (χ3n) is 7.88. The lowest BCUT2D eigenvalue weighted by molar-refractivity contribution is -0.193. The summed E-state index contributed by atoms with van der Waals surface area (Å²) < 4.78 is 13.6. The molecule has 0 radical (unpaired) electrons. The van der Waals surface area contributed by atoms with E-state index in [1.54, 1.807) is 12.1 Å². The van der Waals surface area contributed by atoms with Gasteiger partial charge >= 0.3 is 12.1 Å². The van der Waals surface area contributed by atoms with Crippen molar-refractivity contribution in [1.82, 2.24) is 15.5 Å². The van der Waals surface area contributed by atoms with Crippen LogP contribution in [0.2, 0.25) is 0 Å². The van der Waals surface area contributed by atoms with Crippen LogP contribution in [-0.4, -0.2) is 39.8 Å². The Hall–Kier alpha value is -3.09. The molecule has 1 aliphatic heterocycles. The standard InChI is InChI=1S/C25H28FN3O3/c1-23(2,24-13-25(14-24,15-24)28-22(31)32)27-21(30)29-12-11-16-5-3-4-6-19(16)20(29)17-7-9-18(26)10-8-17/h3-10,20,28H,11-15H2,1-2H3,(H,27,30)(H,31,32)/t20-,24?,25?/m0/s1. The van der Waals surface area contributed by atoms with Crippen molar-refractivity contribution < 1.29 is 19.1 Å². The van der Waals surface area contributed by atoms with Crippen molar-refractivity contribution in [3.63, 3.8) is 0 Å². The Morgan fingerprint density at radius 2 is 1.75 bits per heavy atom. The molecule has 0 spiro atoms. The van der Waals surface area contributed by atoms with Crippen LogP contribution in [0.1, 0.15) is 55.8 Å². The number of hydrogen-bond acceptors (Lipinski definition) is 2. The minimum Gasteiger partial charge on any atom is -0.465 e. The van der Waals surface area contributed by atoms with E-state index in [9.17, 15) is 14.0 Å². The zero-order valence-electron chi connectivity index (χ0n) is 18.3. The van der Waals surface area contributed by atoms with Crippen LogP contribution in [0.15, 0.2) is 48.5 Å². The summed E-state index contributed by atoms with van der Waals surface area (Å²) in [6.07, 6.45) is 1.99. The number of fused-ring (bicyclic) bond motifs is 1. The Balaban J connectivity index is 1.38. The molecule has 168 valence electrons. The molecule has 1 atom stereocenters. The van der Waals surface area contributed by atoms with E-state index in [2.05, 4.69) is 16.7 Å². The van der Waals surface area contributed by atoms with Gasteiger partial charge in [-0.1, -0.05) is 36.4 Å². The van der Waals surface area contributed by atoms with Gasteiger partial charge in [0.05, 0.1) is 6.04 Å². The molecule has 3 fully saturated rings. The third kappa shape index (κ3) is 3.14. The van der Waals surface area contributed by atoms with Crippen LogP contribution in [0.5, 0.6) is 0 Å². The fourth-order valence-corrected chi connectivity index (χ4v) is 6.07. The molecule has 3 amide bonds. The molecular weight excluding hydrogens is 409 g/mol. The number of hydrogen-bond donors (Lipinski definition) is 3. The first-order valence-corrected chi connectivity index (χ1v) is 11.1. The molecule has 4 aliphatic rings. The molecule has 2 aromatic carbocycles. The highest BCUT2D eigenvalue weighted by Gasteiger charge is 2.74. The number of benzene rings is 2. The lowest BCUT2D eigenvalue weighted by atomic mass is 9.34. The predicted molar refractivity (Wildman–Crippen MR) is 118 cm³/mol. The van der Waals surface area contributed by atoms with Gasteiger partial charge in [0.15, 0.2) is 0 Å². The summed E-state index contributed by atoms with van der Waals surface area (Å²) in [6.45, 7) is 4.62. The first kappa shape index (κ1) is 20.8. The maximum Gasteiger partial charge on any atom is 0.405 e. The summed E-state index contributed by atoms with van der Waals surface area (Å²) in [7, 11) is 0. The number of amides is 3. The minimum atomic E-state index is -0.991. The highest BCUT2D eigenvalue weighted by molar-refractivity contribution is 5.77. The second-order valence-corrected chi connectivity index (χ2v) is 10.2. The quantitative estimate of drug-likeness (QED) is 0.661. The molecular formula is C25H28FN3O3. The Morgan fingerprint density at radius 1 is 1.09 bits per heavy atom. The largest absolute Gasteiger partial charge is 0.465 e. The van der Waals surface area contributed by atoms with Crippen molar-refractivity contribution in [1.29, 1.82) is 0 Å². The first-order chi connectivity index (χ1) is 15.1. The highest BCUT2D eigenvalue weighted by Crippen LogP contribution is 2.71. The molecule has 3 aliphatic carbocycles. The lowest BCUT2D eigenvalue weighted by Gasteiger charge is -2.75. The van der Waals surface area contributed by atoms with Gasteiger partial charge in [0.25, 0.3) is 0 Å². The third-order valence-corrected chi connectivity index (χ3v) is 7.88. The lowest BCUT2D eigenvalue weighted by Crippen LogP contribution is -2.82. The Morgan fingerprint density at radius 3 is 2.41 bits per heavy atom. The number of urea groups is 1. The van der Waals surface area contributed by atoms with Gasteiger partial charge in [0.2, 0.25) is 0 Å². The smallest absolute Gasteiger partial charge is 0.405 e. The van der Waals surface area contributed by atoms with Crippen molar-refractivity contribution in [3.8, 4) is 0 Å². The number of rotatable bonds is 4. The summed E-state index contributed by atoms with van der Waals surface area (Å²) in [5.74, 6) is -0.303. The molecule has 2 bridgehead atoms. The van der Waals surface area contributed by atoms with E-state index in [0.29, 0.717) is 6.54 Å². The molecule has 2 aromatic rings. The number of carbonyl (C=O) groups excluding carboxylic acids is 1. The topological polar surface area (TPSA) is 81.7 Å². The molecule has 0 unspecified atom stereocenters. The van der Waals surface area contributed by atoms with Gasteiger partial charge in [0.1, 0.15) is 5.82 Å². The predicted octanol–water partition coefficient (Wildman–Crippen LogP) is 4.45. The van der Waals surface area contributed by atoms with Crippen LogP contribution in [0, 0.1) is 11.2 Å². The monoisotopic (exact) mass is 437 g/mol. The molecule has 7 heteroatoms. The molecule has 3 N–H and O–H groups in total. The van der Waals surface area contributed by atoms with Gasteiger partial charge < -0.3 is 20.6 Å². The average molecular weight is 438 g/mol. The Kier molecular flexibility index (Phi) is 4.52. The van der Waals surface area contributed by atoms with E-state index in [0.717, 1.165) is 36.8 Å². The Bertz CT molecular complexity index is 1060. The molecule has 6 rings (SSSR count). The number of carbonyl (C=O) groups is 2. The maximum atomic E-state index is 13.6. The summed E-state index contributed by atoms with van der Waals surface area (Å²) >= 11 is 0. The number of halogens is 1. The van der Waals surface area contributed by atoms with Gasteiger partial charge in [-0.05, 0) is 73.8 Å².